The second-order valence-corrected chi connectivity index (χ2v) is 15.5. The molecular weight excluding hydrogens is 622 g/mol. The Morgan fingerprint density at radius 2 is 1.80 bits per heavy atom. The van der Waals surface area contributed by atoms with E-state index < -0.39 is 15.1 Å². The Hall–Kier alpha value is -3.18. The van der Waals surface area contributed by atoms with Crippen LogP contribution < -0.4 is 15.4 Å². The number of nitrogens with zero attached hydrogens (tertiary/aromatic N) is 3. The van der Waals surface area contributed by atoms with Gasteiger partial charge in [-0.3, -0.25) is 4.90 Å². The molecule has 2 aliphatic heterocycles. The highest BCUT2D eigenvalue weighted by molar-refractivity contribution is 7.92. The maximum atomic E-state index is 13.0. The first-order valence-electron chi connectivity index (χ1n) is 16.2. The minimum atomic E-state index is -3.55. The molecule has 1 fully saturated rings. The van der Waals surface area contributed by atoms with E-state index in [2.05, 4.69) is 64.5 Å². The fourth-order valence-electron chi connectivity index (χ4n) is 6.18. The molecule has 248 valence electrons. The van der Waals surface area contributed by atoms with Crippen LogP contribution in [-0.4, -0.2) is 66.0 Å². The molecule has 0 unspecified atom stereocenters. The molecule has 46 heavy (non-hydrogen) atoms. The highest BCUT2D eigenvalue weighted by atomic mass is 35.5. The Morgan fingerprint density at radius 3 is 2.43 bits per heavy atom. The maximum absolute atomic E-state index is 13.0. The van der Waals surface area contributed by atoms with Gasteiger partial charge in [-0.05, 0) is 94.8 Å². The van der Waals surface area contributed by atoms with Gasteiger partial charge >= 0.3 is 0 Å². The Labute approximate surface area is 278 Å². The molecule has 11 heteroatoms. The number of anilines is 4. The van der Waals surface area contributed by atoms with Gasteiger partial charge in [-0.25, -0.2) is 13.4 Å². The van der Waals surface area contributed by atoms with Crippen LogP contribution in [0, 0.1) is 6.92 Å². The summed E-state index contributed by atoms with van der Waals surface area (Å²) in [7, 11) is -3.55. The van der Waals surface area contributed by atoms with Gasteiger partial charge in [-0.15, -0.1) is 0 Å². The second kappa shape index (κ2) is 14.3. The third kappa shape index (κ3) is 7.20. The van der Waals surface area contributed by atoms with E-state index in [1.807, 2.05) is 13.8 Å². The monoisotopic (exact) mass is 667 g/mol. The summed E-state index contributed by atoms with van der Waals surface area (Å²) >= 11 is 6.49. The molecule has 3 heterocycles. The van der Waals surface area contributed by atoms with Crippen molar-refractivity contribution in [2.24, 2.45) is 0 Å². The van der Waals surface area contributed by atoms with Crippen LogP contribution in [0.25, 0.3) is 5.57 Å². The standard InChI is InChI=1S/C35H46ClN5O4S/c1-8-25-15-24(16-26(9-2)41(25)27-19-44-20-27)28-17-32(45-21(3)4)31(14-23(28)7)39-35-37-18-29(36)34(40-35)38-30-12-10-11-13-33(30)46(42,43)22(5)6/h10-15,17-18,21-22,25-27H,8-9,16,19-20H2,1-7H3,(H2,37,38,39,40)/t25-,26-/m0/s1. The van der Waals surface area contributed by atoms with Crippen LogP contribution in [0.4, 0.5) is 23.1 Å². The number of aryl methyl sites for hydroxylation is 1. The van der Waals surface area contributed by atoms with E-state index in [1.54, 1.807) is 38.1 Å². The van der Waals surface area contributed by atoms with Crippen molar-refractivity contribution in [1.29, 1.82) is 0 Å². The Morgan fingerprint density at radius 1 is 1.07 bits per heavy atom. The number of para-hydroxylation sites is 1. The Balaban J connectivity index is 1.47. The zero-order valence-electron chi connectivity index (χ0n) is 27.8. The van der Waals surface area contributed by atoms with E-state index in [0.29, 0.717) is 35.5 Å². The van der Waals surface area contributed by atoms with Crippen LogP contribution in [-0.2, 0) is 14.6 Å². The molecule has 9 nitrogen and oxygen atoms in total. The largest absolute Gasteiger partial charge is 0.489 e. The molecule has 0 radical (unpaired) electrons. The summed E-state index contributed by atoms with van der Waals surface area (Å²) in [6.07, 6.45) is 6.97. The lowest BCUT2D eigenvalue weighted by Gasteiger charge is -2.48. The van der Waals surface area contributed by atoms with Crippen LogP contribution in [0.2, 0.25) is 5.02 Å². The first-order valence-corrected chi connectivity index (χ1v) is 18.1. The average molecular weight is 668 g/mol. The van der Waals surface area contributed by atoms with Crippen LogP contribution in [0.5, 0.6) is 5.75 Å². The number of hydrogen-bond acceptors (Lipinski definition) is 9. The van der Waals surface area contributed by atoms with Crippen molar-refractivity contribution in [3.05, 3.63) is 64.8 Å². The molecule has 0 bridgehead atoms. The number of rotatable bonds is 12. The van der Waals surface area contributed by atoms with Crippen LogP contribution >= 0.6 is 11.6 Å². The third-order valence-electron chi connectivity index (χ3n) is 8.68. The van der Waals surface area contributed by atoms with Crippen molar-refractivity contribution in [3.63, 3.8) is 0 Å². The molecule has 0 spiro atoms. The number of ether oxygens (including phenoxy) is 2. The molecule has 0 aliphatic carbocycles. The maximum Gasteiger partial charge on any atom is 0.229 e. The summed E-state index contributed by atoms with van der Waals surface area (Å²) in [6, 6.07) is 12.3. The molecule has 1 saturated heterocycles. The van der Waals surface area contributed by atoms with E-state index in [9.17, 15) is 8.42 Å². The second-order valence-electron chi connectivity index (χ2n) is 12.6. The molecule has 5 rings (SSSR count). The summed E-state index contributed by atoms with van der Waals surface area (Å²) in [6.45, 7) is 15.6. The predicted molar refractivity (Wildman–Crippen MR) is 187 cm³/mol. The van der Waals surface area contributed by atoms with Gasteiger partial charge in [0.1, 0.15) is 10.8 Å². The average Bonchev–Trinajstić information content (AvgIpc) is 2.99. The van der Waals surface area contributed by atoms with E-state index in [-0.39, 0.29) is 21.8 Å². The molecule has 0 saturated carbocycles. The lowest BCUT2D eigenvalue weighted by molar-refractivity contribution is -0.0913. The van der Waals surface area contributed by atoms with Crippen molar-refractivity contribution < 1.29 is 17.9 Å². The SMILES string of the molecule is CC[C@H]1CC(c2cc(OC(C)C)c(Nc3ncc(Cl)c(Nc4ccccc4S(=O)(=O)C(C)C)n3)cc2C)=C[C@H](CC)N1C1COC1. The summed E-state index contributed by atoms with van der Waals surface area (Å²) < 4.78 is 37.9. The number of aromatic nitrogens is 2. The number of benzene rings is 2. The van der Waals surface area contributed by atoms with Gasteiger partial charge in [-0.2, -0.15) is 4.98 Å². The molecule has 1 aromatic heterocycles. The van der Waals surface area contributed by atoms with Crippen molar-refractivity contribution in [3.8, 4) is 5.75 Å². The summed E-state index contributed by atoms with van der Waals surface area (Å²) in [5.74, 6) is 1.29. The Kier molecular flexibility index (Phi) is 10.6. The first kappa shape index (κ1) is 34.2. The highest BCUT2D eigenvalue weighted by Gasteiger charge is 2.38. The van der Waals surface area contributed by atoms with Gasteiger partial charge in [0.25, 0.3) is 0 Å². The summed E-state index contributed by atoms with van der Waals surface area (Å²) in [5, 5.41) is 6.14. The number of sulfone groups is 1. The van der Waals surface area contributed by atoms with Crippen LogP contribution in [0.3, 0.4) is 0 Å². The van der Waals surface area contributed by atoms with E-state index in [0.717, 1.165) is 43.7 Å². The highest BCUT2D eigenvalue weighted by Crippen LogP contribution is 2.40. The van der Waals surface area contributed by atoms with Gasteiger partial charge in [-0.1, -0.05) is 43.7 Å². The summed E-state index contributed by atoms with van der Waals surface area (Å²) in [5.41, 5.74) is 4.78. The fraction of sp³-hybridized carbons (Fsp3) is 0.486. The first-order chi connectivity index (χ1) is 21.9. The topological polar surface area (TPSA) is 106 Å². The summed E-state index contributed by atoms with van der Waals surface area (Å²) in [4.78, 5) is 11.9. The zero-order valence-corrected chi connectivity index (χ0v) is 29.4. The normalized spacial score (nSPS) is 19.2. The van der Waals surface area contributed by atoms with Crippen molar-refractivity contribution in [1.82, 2.24) is 14.9 Å². The molecule has 3 aromatic rings. The fourth-order valence-corrected chi connectivity index (χ4v) is 7.52. The zero-order chi connectivity index (χ0) is 33.2. The number of nitrogens with one attached hydrogen (secondary N) is 2. The minimum Gasteiger partial charge on any atom is -0.489 e. The van der Waals surface area contributed by atoms with Crippen molar-refractivity contribution in [2.75, 3.05) is 23.8 Å². The number of hydrogen-bond donors (Lipinski definition) is 2. The molecule has 2 atom stereocenters. The molecule has 0 amide bonds. The van der Waals surface area contributed by atoms with Crippen LogP contribution in [0.15, 0.2) is 53.6 Å². The van der Waals surface area contributed by atoms with Gasteiger partial charge < -0.3 is 20.1 Å². The van der Waals surface area contributed by atoms with Gasteiger partial charge in [0.05, 0.1) is 53.1 Å². The lowest BCUT2D eigenvalue weighted by atomic mass is 9.85. The number of halogens is 1. The smallest absolute Gasteiger partial charge is 0.229 e. The van der Waals surface area contributed by atoms with Gasteiger partial charge in [0.15, 0.2) is 15.7 Å². The quantitative estimate of drug-likeness (QED) is 0.199. The molecule has 2 N–H and O–H groups in total. The lowest BCUT2D eigenvalue weighted by Crippen LogP contribution is -2.58. The van der Waals surface area contributed by atoms with Gasteiger partial charge in [0.2, 0.25) is 5.95 Å². The van der Waals surface area contributed by atoms with Crippen molar-refractivity contribution in [2.45, 2.75) is 102 Å². The minimum absolute atomic E-state index is 0.0555. The van der Waals surface area contributed by atoms with Crippen molar-refractivity contribution >= 4 is 50.2 Å². The van der Waals surface area contributed by atoms with Crippen LogP contribution in [0.1, 0.15) is 71.9 Å². The molecule has 2 aromatic carbocycles. The Bertz CT molecular complexity index is 1690. The predicted octanol–water partition coefficient (Wildman–Crippen LogP) is 7.94. The van der Waals surface area contributed by atoms with Gasteiger partial charge in [0, 0.05) is 12.1 Å². The molecule has 2 aliphatic rings. The molecular formula is C35H46ClN5O4S. The van der Waals surface area contributed by atoms with E-state index in [4.69, 9.17) is 21.1 Å². The third-order valence-corrected chi connectivity index (χ3v) is 11.2. The van der Waals surface area contributed by atoms with E-state index in [1.165, 1.54) is 17.3 Å². The van der Waals surface area contributed by atoms with E-state index >= 15 is 0 Å².